The van der Waals surface area contributed by atoms with Crippen LogP contribution < -0.4 is 10.1 Å². The van der Waals surface area contributed by atoms with Crippen molar-refractivity contribution < 1.29 is 13.9 Å². The SMILES string of the molecule is Cc1cccc(F)c1COc1cccn2c(C(=O)NCCc3ccccc3)c(C)nc12. The highest BCUT2D eigenvalue weighted by Gasteiger charge is 2.19. The molecule has 2 aromatic heterocycles. The lowest BCUT2D eigenvalue weighted by Gasteiger charge is -2.11. The summed E-state index contributed by atoms with van der Waals surface area (Å²) in [4.78, 5) is 17.4. The molecule has 1 amide bonds. The Balaban J connectivity index is 1.52. The second kappa shape index (κ2) is 9.00. The Morgan fingerprint density at radius 1 is 1.06 bits per heavy atom. The number of nitrogens with one attached hydrogen (secondary N) is 1. The zero-order valence-corrected chi connectivity index (χ0v) is 17.6. The van der Waals surface area contributed by atoms with E-state index >= 15 is 0 Å². The number of aryl methyl sites for hydroxylation is 2. The molecule has 0 aliphatic rings. The average molecular weight is 417 g/mol. The molecule has 0 aliphatic carbocycles. The first-order valence-electron chi connectivity index (χ1n) is 10.2. The minimum absolute atomic E-state index is 0.0860. The summed E-state index contributed by atoms with van der Waals surface area (Å²) in [6.07, 6.45) is 2.53. The van der Waals surface area contributed by atoms with E-state index in [4.69, 9.17) is 4.74 Å². The molecule has 5 nitrogen and oxygen atoms in total. The number of halogens is 1. The van der Waals surface area contributed by atoms with Gasteiger partial charge in [0.15, 0.2) is 11.4 Å². The molecule has 0 spiro atoms. The lowest BCUT2D eigenvalue weighted by molar-refractivity contribution is 0.0947. The third-order valence-corrected chi connectivity index (χ3v) is 5.27. The van der Waals surface area contributed by atoms with E-state index in [0.29, 0.717) is 34.9 Å². The Morgan fingerprint density at radius 2 is 1.87 bits per heavy atom. The van der Waals surface area contributed by atoms with Crippen molar-refractivity contribution in [3.63, 3.8) is 0 Å². The molecule has 0 atom stereocenters. The number of fused-ring (bicyclic) bond motifs is 1. The predicted molar refractivity (Wildman–Crippen MR) is 118 cm³/mol. The number of pyridine rings is 1. The summed E-state index contributed by atoms with van der Waals surface area (Å²) in [7, 11) is 0. The molecule has 2 heterocycles. The molecule has 0 fully saturated rings. The molecule has 1 N–H and O–H groups in total. The number of carbonyl (C=O) groups is 1. The molecule has 0 radical (unpaired) electrons. The quantitative estimate of drug-likeness (QED) is 0.477. The molecule has 6 heteroatoms. The molecule has 4 rings (SSSR count). The smallest absolute Gasteiger partial charge is 0.270 e. The maximum absolute atomic E-state index is 14.1. The van der Waals surface area contributed by atoms with Crippen LogP contribution in [-0.4, -0.2) is 21.8 Å². The van der Waals surface area contributed by atoms with Crippen LogP contribution in [-0.2, 0) is 13.0 Å². The molecule has 4 aromatic rings. The maximum atomic E-state index is 14.1. The van der Waals surface area contributed by atoms with E-state index in [0.717, 1.165) is 17.5 Å². The van der Waals surface area contributed by atoms with Crippen molar-refractivity contribution in [3.8, 4) is 5.75 Å². The molecule has 0 saturated heterocycles. The van der Waals surface area contributed by atoms with E-state index in [1.165, 1.54) is 6.07 Å². The van der Waals surface area contributed by atoms with Crippen molar-refractivity contribution in [2.45, 2.75) is 26.9 Å². The normalized spacial score (nSPS) is 10.9. The van der Waals surface area contributed by atoms with Crippen LogP contribution in [0.15, 0.2) is 66.9 Å². The monoisotopic (exact) mass is 417 g/mol. The van der Waals surface area contributed by atoms with Crippen molar-refractivity contribution in [1.82, 2.24) is 14.7 Å². The number of carbonyl (C=O) groups excluding carboxylic acids is 1. The van der Waals surface area contributed by atoms with E-state index in [-0.39, 0.29) is 18.3 Å². The number of hydrogen-bond acceptors (Lipinski definition) is 3. The van der Waals surface area contributed by atoms with Gasteiger partial charge in [-0.25, -0.2) is 9.37 Å². The van der Waals surface area contributed by atoms with Gasteiger partial charge in [0.05, 0.1) is 5.69 Å². The zero-order chi connectivity index (χ0) is 21.8. The highest BCUT2D eigenvalue weighted by molar-refractivity contribution is 5.95. The summed E-state index contributed by atoms with van der Waals surface area (Å²) in [5.41, 5.74) is 4.10. The van der Waals surface area contributed by atoms with Crippen LogP contribution >= 0.6 is 0 Å². The summed E-state index contributed by atoms with van der Waals surface area (Å²) in [5, 5.41) is 2.97. The molecule has 0 saturated carbocycles. The number of ether oxygens (including phenoxy) is 1. The van der Waals surface area contributed by atoms with Gasteiger partial charge >= 0.3 is 0 Å². The van der Waals surface area contributed by atoms with Crippen molar-refractivity contribution in [1.29, 1.82) is 0 Å². The third-order valence-electron chi connectivity index (χ3n) is 5.27. The fourth-order valence-corrected chi connectivity index (χ4v) is 3.59. The van der Waals surface area contributed by atoms with Gasteiger partial charge in [-0.15, -0.1) is 0 Å². The van der Waals surface area contributed by atoms with Crippen molar-refractivity contribution in [2.24, 2.45) is 0 Å². The van der Waals surface area contributed by atoms with Crippen molar-refractivity contribution >= 4 is 11.6 Å². The van der Waals surface area contributed by atoms with Gasteiger partial charge in [-0.05, 0) is 49.6 Å². The van der Waals surface area contributed by atoms with E-state index < -0.39 is 0 Å². The van der Waals surface area contributed by atoms with Gasteiger partial charge in [0.2, 0.25) is 0 Å². The van der Waals surface area contributed by atoms with E-state index in [9.17, 15) is 9.18 Å². The highest BCUT2D eigenvalue weighted by atomic mass is 19.1. The Hall–Kier alpha value is -3.67. The molecule has 0 bridgehead atoms. The van der Waals surface area contributed by atoms with Crippen LogP contribution in [0.5, 0.6) is 5.75 Å². The van der Waals surface area contributed by atoms with E-state index in [2.05, 4.69) is 10.3 Å². The van der Waals surface area contributed by atoms with E-state index in [1.54, 1.807) is 35.7 Å². The van der Waals surface area contributed by atoms with Crippen LogP contribution in [0.4, 0.5) is 4.39 Å². The van der Waals surface area contributed by atoms with Crippen LogP contribution in [0.2, 0.25) is 0 Å². The Bertz CT molecular complexity index is 1200. The van der Waals surface area contributed by atoms with Gasteiger partial charge < -0.3 is 10.1 Å². The standard InChI is InChI=1S/C25H24FN3O2/c1-17-8-6-11-21(26)20(17)16-31-22-12-7-15-29-23(18(2)28-24(22)29)25(30)27-14-13-19-9-4-3-5-10-19/h3-12,15H,13-14,16H2,1-2H3,(H,27,30). The summed E-state index contributed by atoms with van der Waals surface area (Å²) < 4.78 is 21.7. The molecular weight excluding hydrogens is 393 g/mol. The van der Waals surface area contributed by atoms with Crippen LogP contribution in [0.1, 0.15) is 32.9 Å². The maximum Gasteiger partial charge on any atom is 0.270 e. The third kappa shape index (κ3) is 4.43. The fraction of sp³-hybridized carbons (Fsp3) is 0.200. The van der Waals surface area contributed by atoms with Gasteiger partial charge in [-0.1, -0.05) is 42.5 Å². The first kappa shape index (κ1) is 20.6. The van der Waals surface area contributed by atoms with Gasteiger partial charge in [-0.2, -0.15) is 0 Å². The number of amides is 1. The first-order valence-corrected chi connectivity index (χ1v) is 10.2. The number of benzene rings is 2. The zero-order valence-electron chi connectivity index (χ0n) is 17.6. The van der Waals surface area contributed by atoms with Crippen molar-refractivity contribution in [2.75, 3.05) is 6.54 Å². The largest absolute Gasteiger partial charge is 0.485 e. The predicted octanol–water partition coefficient (Wildman–Crippen LogP) is 4.64. The first-order chi connectivity index (χ1) is 15.0. The Morgan fingerprint density at radius 3 is 2.65 bits per heavy atom. The van der Waals surface area contributed by atoms with Crippen molar-refractivity contribution in [3.05, 3.63) is 101 Å². The van der Waals surface area contributed by atoms with Crippen LogP contribution in [0.3, 0.4) is 0 Å². The number of rotatable bonds is 7. The Kier molecular flexibility index (Phi) is 5.98. The molecule has 0 unspecified atom stereocenters. The van der Waals surface area contributed by atoms with Gasteiger partial charge in [0.1, 0.15) is 18.1 Å². The second-order valence-corrected chi connectivity index (χ2v) is 7.43. The number of nitrogens with zero attached hydrogens (tertiary/aromatic N) is 2. The second-order valence-electron chi connectivity index (χ2n) is 7.43. The lowest BCUT2D eigenvalue weighted by Crippen LogP contribution is -2.27. The highest BCUT2D eigenvalue weighted by Crippen LogP contribution is 2.24. The number of imidazole rings is 1. The van der Waals surface area contributed by atoms with Crippen LogP contribution in [0, 0.1) is 19.7 Å². The molecule has 31 heavy (non-hydrogen) atoms. The molecule has 158 valence electrons. The molecule has 2 aromatic carbocycles. The minimum atomic E-state index is -0.301. The fourth-order valence-electron chi connectivity index (χ4n) is 3.59. The number of hydrogen-bond donors (Lipinski definition) is 1. The van der Waals surface area contributed by atoms with Gasteiger partial charge in [0.25, 0.3) is 5.91 Å². The molecule has 0 aliphatic heterocycles. The number of aromatic nitrogens is 2. The Labute approximate surface area is 180 Å². The summed E-state index contributed by atoms with van der Waals surface area (Å²) >= 11 is 0. The summed E-state index contributed by atoms with van der Waals surface area (Å²) in [6.45, 7) is 4.25. The van der Waals surface area contributed by atoms with Crippen LogP contribution in [0.25, 0.3) is 5.65 Å². The average Bonchev–Trinajstić information content (AvgIpc) is 3.10. The topological polar surface area (TPSA) is 55.6 Å². The van der Waals surface area contributed by atoms with Gasteiger partial charge in [0, 0.05) is 18.3 Å². The van der Waals surface area contributed by atoms with E-state index in [1.807, 2.05) is 43.3 Å². The minimum Gasteiger partial charge on any atom is -0.485 e. The lowest BCUT2D eigenvalue weighted by atomic mass is 10.1. The van der Waals surface area contributed by atoms with Gasteiger partial charge in [-0.3, -0.25) is 9.20 Å². The summed E-state index contributed by atoms with van der Waals surface area (Å²) in [5.74, 6) is 0.00424. The summed E-state index contributed by atoms with van der Waals surface area (Å²) in [6, 6.07) is 18.5. The molecular formula is C25H24FN3O2.